The van der Waals surface area contributed by atoms with Crippen molar-refractivity contribution in [1.29, 1.82) is 0 Å². The first-order chi connectivity index (χ1) is 16.5. The molecule has 8 heteroatoms. The van der Waals surface area contributed by atoms with Gasteiger partial charge in [0, 0.05) is 6.54 Å². The van der Waals surface area contributed by atoms with Gasteiger partial charge in [-0.25, -0.2) is 0 Å². The molecule has 1 amide bonds. The SMILES string of the molecule is C=CCNC(=O)c1cc(Cl)c(OCc2ccc(OC)cc2)c(OCc2ccc(OC)cc2)c1Cl. The highest BCUT2D eigenvalue weighted by Crippen LogP contribution is 2.44. The van der Waals surface area contributed by atoms with E-state index in [2.05, 4.69) is 11.9 Å². The number of ether oxygens (including phenoxy) is 4. The minimum absolute atomic E-state index is 0.101. The minimum Gasteiger partial charge on any atom is -0.497 e. The molecule has 6 nitrogen and oxygen atoms in total. The topological polar surface area (TPSA) is 66.0 Å². The fourth-order valence-electron chi connectivity index (χ4n) is 3.03. The molecular weight excluding hydrogens is 477 g/mol. The first-order valence-electron chi connectivity index (χ1n) is 10.4. The zero-order chi connectivity index (χ0) is 24.5. The summed E-state index contributed by atoms with van der Waals surface area (Å²) in [5, 5.41) is 3.00. The lowest BCUT2D eigenvalue weighted by Crippen LogP contribution is -2.23. The predicted molar refractivity (Wildman–Crippen MR) is 134 cm³/mol. The van der Waals surface area contributed by atoms with E-state index in [-0.39, 0.29) is 46.9 Å². The van der Waals surface area contributed by atoms with Crippen LogP contribution in [0.2, 0.25) is 10.0 Å². The summed E-state index contributed by atoms with van der Waals surface area (Å²) in [6.45, 7) is 4.27. The summed E-state index contributed by atoms with van der Waals surface area (Å²) in [4.78, 5) is 12.6. The number of methoxy groups -OCH3 is 2. The van der Waals surface area contributed by atoms with Crippen molar-refractivity contribution >= 4 is 29.1 Å². The average molecular weight is 502 g/mol. The van der Waals surface area contributed by atoms with Gasteiger partial charge >= 0.3 is 0 Å². The Morgan fingerprint density at radius 3 is 1.85 bits per heavy atom. The van der Waals surface area contributed by atoms with Crippen LogP contribution in [-0.2, 0) is 13.2 Å². The molecule has 0 atom stereocenters. The molecule has 0 unspecified atom stereocenters. The number of hydrogen-bond acceptors (Lipinski definition) is 5. The highest BCUT2D eigenvalue weighted by atomic mass is 35.5. The standard InChI is InChI=1S/C26H25Cl2NO5/c1-4-13-29-26(30)21-14-22(27)24(33-15-17-5-9-19(31-2)10-6-17)25(23(21)28)34-16-18-7-11-20(32-3)12-8-18/h4-12,14H,1,13,15-16H2,2-3H3,(H,29,30). The number of hydrogen-bond donors (Lipinski definition) is 1. The number of benzene rings is 3. The Bertz CT molecular complexity index is 1130. The van der Waals surface area contributed by atoms with Gasteiger partial charge in [-0.1, -0.05) is 53.5 Å². The van der Waals surface area contributed by atoms with Crippen molar-refractivity contribution in [2.24, 2.45) is 0 Å². The Morgan fingerprint density at radius 2 is 1.38 bits per heavy atom. The number of rotatable bonds is 11. The van der Waals surface area contributed by atoms with E-state index in [1.54, 1.807) is 20.3 Å². The van der Waals surface area contributed by atoms with E-state index >= 15 is 0 Å². The fraction of sp³-hybridized carbons (Fsp3) is 0.192. The second-order valence-electron chi connectivity index (χ2n) is 7.15. The van der Waals surface area contributed by atoms with E-state index in [1.165, 1.54) is 6.07 Å². The van der Waals surface area contributed by atoms with Crippen LogP contribution in [0.5, 0.6) is 23.0 Å². The van der Waals surface area contributed by atoms with Crippen molar-refractivity contribution in [2.45, 2.75) is 13.2 Å². The molecule has 0 heterocycles. The van der Waals surface area contributed by atoms with E-state index in [4.69, 9.17) is 42.1 Å². The summed E-state index contributed by atoms with van der Waals surface area (Å²) in [6.07, 6.45) is 1.57. The second-order valence-corrected chi connectivity index (χ2v) is 7.94. The van der Waals surface area contributed by atoms with Gasteiger partial charge in [0.15, 0.2) is 11.5 Å². The maximum absolute atomic E-state index is 12.6. The molecule has 178 valence electrons. The van der Waals surface area contributed by atoms with E-state index in [0.717, 1.165) is 22.6 Å². The Hall–Kier alpha value is -3.35. The third kappa shape index (κ3) is 6.37. The van der Waals surface area contributed by atoms with Crippen LogP contribution in [-0.4, -0.2) is 26.7 Å². The molecule has 0 aliphatic rings. The Balaban J connectivity index is 1.90. The highest BCUT2D eigenvalue weighted by Gasteiger charge is 2.23. The van der Waals surface area contributed by atoms with Crippen molar-refractivity contribution in [2.75, 3.05) is 20.8 Å². The predicted octanol–water partition coefficient (Wildman–Crippen LogP) is 6.08. The van der Waals surface area contributed by atoms with Crippen LogP contribution < -0.4 is 24.3 Å². The largest absolute Gasteiger partial charge is 0.497 e. The normalized spacial score (nSPS) is 10.4. The average Bonchev–Trinajstić information content (AvgIpc) is 2.87. The van der Waals surface area contributed by atoms with Crippen LogP contribution in [0.4, 0.5) is 0 Å². The van der Waals surface area contributed by atoms with Gasteiger partial charge in [-0.05, 0) is 41.5 Å². The van der Waals surface area contributed by atoms with Crippen molar-refractivity contribution in [3.63, 3.8) is 0 Å². The lowest BCUT2D eigenvalue weighted by atomic mass is 10.1. The summed E-state index contributed by atoms with van der Waals surface area (Å²) in [5.74, 6) is 1.50. The maximum atomic E-state index is 12.6. The molecule has 3 rings (SSSR count). The molecule has 3 aromatic rings. The second kappa shape index (κ2) is 12.2. The van der Waals surface area contributed by atoms with E-state index < -0.39 is 5.91 Å². The van der Waals surface area contributed by atoms with Gasteiger partial charge < -0.3 is 24.3 Å². The molecule has 0 radical (unpaired) electrons. The third-order valence-corrected chi connectivity index (χ3v) is 5.52. The van der Waals surface area contributed by atoms with Gasteiger partial charge in [0.2, 0.25) is 0 Å². The van der Waals surface area contributed by atoms with Crippen LogP contribution in [0, 0.1) is 0 Å². The Morgan fingerprint density at radius 1 is 0.882 bits per heavy atom. The number of amides is 1. The summed E-state index contributed by atoms with van der Waals surface area (Å²) in [5.41, 5.74) is 1.94. The minimum atomic E-state index is -0.400. The number of carbonyl (C=O) groups excluding carboxylic acids is 1. The van der Waals surface area contributed by atoms with Crippen molar-refractivity contribution in [1.82, 2.24) is 5.32 Å². The van der Waals surface area contributed by atoms with Crippen molar-refractivity contribution in [3.05, 3.63) is 94.0 Å². The monoisotopic (exact) mass is 501 g/mol. The van der Waals surface area contributed by atoms with Gasteiger partial charge in [0.25, 0.3) is 5.91 Å². The summed E-state index contributed by atoms with van der Waals surface area (Å²) >= 11 is 13.1. The molecule has 0 aliphatic carbocycles. The molecule has 1 N–H and O–H groups in total. The summed E-state index contributed by atoms with van der Waals surface area (Å²) in [6, 6.07) is 16.3. The van der Waals surface area contributed by atoms with Gasteiger partial charge in [-0.15, -0.1) is 6.58 Å². The van der Waals surface area contributed by atoms with Crippen LogP contribution in [0.1, 0.15) is 21.5 Å². The summed E-state index contributed by atoms with van der Waals surface area (Å²) < 4.78 is 22.4. The van der Waals surface area contributed by atoms with Crippen LogP contribution in [0.15, 0.2) is 67.3 Å². The van der Waals surface area contributed by atoms with Crippen LogP contribution in [0.25, 0.3) is 0 Å². The molecule has 0 aromatic heterocycles. The zero-order valence-electron chi connectivity index (χ0n) is 18.9. The molecule has 0 saturated heterocycles. The lowest BCUT2D eigenvalue weighted by Gasteiger charge is -2.18. The first kappa shape index (κ1) is 25.3. The van der Waals surface area contributed by atoms with Crippen molar-refractivity contribution in [3.8, 4) is 23.0 Å². The Labute approximate surface area is 209 Å². The van der Waals surface area contributed by atoms with Gasteiger partial charge in [-0.2, -0.15) is 0 Å². The van der Waals surface area contributed by atoms with Crippen LogP contribution in [0.3, 0.4) is 0 Å². The number of halogens is 2. The molecule has 0 aliphatic heterocycles. The molecule has 0 spiro atoms. The third-order valence-electron chi connectivity index (χ3n) is 4.87. The number of carbonyl (C=O) groups is 1. The highest BCUT2D eigenvalue weighted by molar-refractivity contribution is 6.38. The van der Waals surface area contributed by atoms with Gasteiger partial charge in [0.1, 0.15) is 24.7 Å². The molecule has 3 aromatic carbocycles. The van der Waals surface area contributed by atoms with E-state index in [0.29, 0.717) is 0 Å². The first-order valence-corrected chi connectivity index (χ1v) is 11.1. The van der Waals surface area contributed by atoms with Crippen LogP contribution >= 0.6 is 23.2 Å². The van der Waals surface area contributed by atoms with E-state index in [1.807, 2.05) is 48.5 Å². The lowest BCUT2D eigenvalue weighted by molar-refractivity contribution is 0.0957. The van der Waals surface area contributed by atoms with Crippen molar-refractivity contribution < 1.29 is 23.7 Å². The molecule has 34 heavy (non-hydrogen) atoms. The van der Waals surface area contributed by atoms with Gasteiger partial charge in [-0.3, -0.25) is 4.79 Å². The van der Waals surface area contributed by atoms with Gasteiger partial charge in [0.05, 0.1) is 29.8 Å². The molecule has 0 bridgehead atoms. The zero-order valence-corrected chi connectivity index (χ0v) is 20.4. The fourth-order valence-corrected chi connectivity index (χ4v) is 3.56. The molecular formula is C26H25Cl2NO5. The maximum Gasteiger partial charge on any atom is 0.253 e. The summed E-state index contributed by atoms with van der Waals surface area (Å²) in [7, 11) is 3.20. The molecule has 0 saturated carbocycles. The Kier molecular flexibility index (Phi) is 9.08. The quantitative estimate of drug-likeness (QED) is 0.322. The smallest absolute Gasteiger partial charge is 0.253 e. The number of nitrogens with one attached hydrogen (secondary N) is 1. The molecule has 0 fully saturated rings. The van der Waals surface area contributed by atoms with E-state index in [9.17, 15) is 4.79 Å².